The van der Waals surface area contributed by atoms with E-state index in [1.807, 2.05) is 4.90 Å². The quantitative estimate of drug-likeness (QED) is 0.784. The summed E-state index contributed by atoms with van der Waals surface area (Å²) in [6.07, 6.45) is 0.629. The number of hydrogen-bond donors (Lipinski definition) is 0. The second kappa shape index (κ2) is 5.21. The Balaban J connectivity index is 2.02. The predicted molar refractivity (Wildman–Crippen MR) is 73.3 cm³/mol. The normalized spacial score (nSPS) is 20.4. The second-order valence-electron chi connectivity index (χ2n) is 4.97. The fourth-order valence-corrected chi connectivity index (χ4v) is 2.73. The van der Waals surface area contributed by atoms with E-state index in [0.29, 0.717) is 17.2 Å². The van der Waals surface area contributed by atoms with Crippen molar-refractivity contribution in [3.05, 3.63) is 35.4 Å². The fraction of sp³-hybridized carbons (Fsp3) is 0.500. The molecule has 0 N–H and O–H groups in total. The second-order valence-corrected chi connectivity index (χ2v) is 6.27. The van der Waals surface area contributed by atoms with Crippen molar-refractivity contribution in [2.75, 3.05) is 6.54 Å². The lowest BCUT2D eigenvalue weighted by atomic mass is 10.0. The summed E-state index contributed by atoms with van der Waals surface area (Å²) < 4.78 is 0. The molecule has 0 spiro atoms. The Labute approximate surface area is 111 Å². The molecule has 1 aliphatic rings. The van der Waals surface area contributed by atoms with Crippen LogP contribution in [0.5, 0.6) is 0 Å². The third-order valence-corrected chi connectivity index (χ3v) is 3.80. The van der Waals surface area contributed by atoms with E-state index in [9.17, 15) is 4.79 Å². The van der Waals surface area contributed by atoms with Gasteiger partial charge < -0.3 is 4.90 Å². The van der Waals surface area contributed by atoms with Crippen LogP contribution in [0.4, 0.5) is 0 Å². The van der Waals surface area contributed by atoms with E-state index >= 15 is 0 Å². The maximum Gasteiger partial charge on any atom is 0.224 e. The molecule has 1 unspecified atom stereocenters. The van der Waals surface area contributed by atoms with Gasteiger partial charge in [0.25, 0.3) is 0 Å². The lowest BCUT2D eigenvalue weighted by Gasteiger charge is -2.16. The zero-order valence-electron chi connectivity index (χ0n) is 10.3. The van der Waals surface area contributed by atoms with Gasteiger partial charge in [0.05, 0.1) is 0 Å². The van der Waals surface area contributed by atoms with Crippen molar-refractivity contribution in [1.82, 2.24) is 4.90 Å². The molecule has 92 valence electrons. The summed E-state index contributed by atoms with van der Waals surface area (Å²) in [7, 11) is 0. The summed E-state index contributed by atoms with van der Waals surface area (Å²) in [5.74, 6) is 0.809. The molecule has 1 aromatic rings. The molecule has 1 heterocycles. The van der Waals surface area contributed by atoms with E-state index in [1.165, 1.54) is 11.1 Å². The van der Waals surface area contributed by atoms with Gasteiger partial charge in [-0.1, -0.05) is 54.0 Å². The Hall–Kier alpha value is -0.830. The summed E-state index contributed by atoms with van der Waals surface area (Å²) in [4.78, 5) is 13.9. The summed E-state index contributed by atoms with van der Waals surface area (Å²) >= 11 is 3.50. The molecular formula is C14H18BrNO. The highest BCUT2D eigenvalue weighted by Gasteiger charge is 2.27. The lowest BCUT2D eigenvalue weighted by molar-refractivity contribution is -0.128. The Morgan fingerprint density at radius 3 is 2.47 bits per heavy atom. The van der Waals surface area contributed by atoms with Crippen LogP contribution in [-0.4, -0.2) is 22.2 Å². The first-order valence-electron chi connectivity index (χ1n) is 6.07. The summed E-state index contributed by atoms with van der Waals surface area (Å²) in [6, 6.07) is 8.58. The average molecular weight is 296 g/mol. The monoisotopic (exact) mass is 295 g/mol. The largest absolute Gasteiger partial charge is 0.337 e. The van der Waals surface area contributed by atoms with Crippen LogP contribution in [0.2, 0.25) is 0 Å². The summed E-state index contributed by atoms with van der Waals surface area (Å²) in [6.45, 7) is 5.94. The smallest absolute Gasteiger partial charge is 0.224 e. The van der Waals surface area contributed by atoms with Gasteiger partial charge in [-0.3, -0.25) is 4.79 Å². The van der Waals surface area contributed by atoms with Gasteiger partial charge in [0, 0.05) is 24.3 Å². The van der Waals surface area contributed by atoms with Crippen molar-refractivity contribution in [1.29, 1.82) is 0 Å². The van der Waals surface area contributed by atoms with Gasteiger partial charge in [0.1, 0.15) is 0 Å². The van der Waals surface area contributed by atoms with Gasteiger partial charge in [0.15, 0.2) is 0 Å². The molecule has 1 saturated heterocycles. The van der Waals surface area contributed by atoms with Crippen molar-refractivity contribution in [2.24, 2.45) is 0 Å². The minimum atomic E-state index is 0.250. The number of hydrogen-bond acceptors (Lipinski definition) is 1. The molecule has 0 bridgehead atoms. The minimum absolute atomic E-state index is 0.250. The highest BCUT2D eigenvalue weighted by atomic mass is 79.9. The van der Waals surface area contributed by atoms with Crippen molar-refractivity contribution in [2.45, 2.75) is 37.6 Å². The number of alkyl halides is 1. The molecule has 2 rings (SSSR count). The van der Waals surface area contributed by atoms with Crippen LogP contribution < -0.4 is 0 Å². The summed E-state index contributed by atoms with van der Waals surface area (Å²) in [5.41, 5.74) is 2.56. The van der Waals surface area contributed by atoms with Crippen LogP contribution in [0.15, 0.2) is 24.3 Å². The van der Waals surface area contributed by atoms with E-state index in [1.54, 1.807) is 0 Å². The van der Waals surface area contributed by atoms with Crippen LogP contribution in [0.1, 0.15) is 37.3 Å². The topological polar surface area (TPSA) is 20.3 Å². The first-order chi connectivity index (χ1) is 8.06. The molecule has 1 aliphatic heterocycles. The molecule has 0 aromatic heterocycles. The molecular weight excluding hydrogens is 278 g/mol. The van der Waals surface area contributed by atoms with Gasteiger partial charge >= 0.3 is 0 Å². The van der Waals surface area contributed by atoms with Crippen LogP contribution >= 0.6 is 15.9 Å². The number of likely N-dealkylation sites (tertiary alicyclic amines) is 1. The number of halogens is 1. The van der Waals surface area contributed by atoms with Crippen molar-refractivity contribution in [3.8, 4) is 0 Å². The molecule has 0 aliphatic carbocycles. The SMILES string of the molecule is CC(C)c1ccc(CN2CC(Br)CC2=O)cc1. The molecule has 17 heavy (non-hydrogen) atoms. The van der Waals surface area contributed by atoms with Crippen molar-refractivity contribution in [3.63, 3.8) is 0 Å². The van der Waals surface area contributed by atoms with Gasteiger partial charge in [-0.2, -0.15) is 0 Å². The molecule has 0 radical (unpaired) electrons. The maximum atomic E-state index is 11.7. The van der Waals surface area contributed by atoms with Crippen molar-refractivity contribution >= 4 is 21.8 Å². The number of carbonyl (C=O) groups is 1. The third-order valence-electron chi connectivity index (χ3n) is 3.19. The molecule has 1 aromatic carbocycles. The Morgan fingerprint density at radius 1 is 1.35 bits per heavy atom. The van der Waals surface area contributed by atoms with Gasteiger partial charge in [-0.15, -0.1) is 0 Å². The Bertz CT molecular complexity index is 399. The first kappa shape index (κ1) is 12.6. The van der Waals surface area contributed by atoms with Gasteiger partial charge in [-0.05, 0) is 17.0 Å². The first-order valence-corrected chi connectivity index (χ1v) is 6.98. The van der Waals surface area contributed by atoms with Crippen molar-refractivity contribution < 1.29 is 4.79 Å². The van der Waals surface area contributed by atoms with E-state index < -0.39 is 0 Å². The molecule has 0 saturated carbocycles. The van der Waals surface area contributed by atoms with E-state index in [2.05, 4.69) is 54.0 Å². The number of carbonyl (C=O) groups excluding carboxylic acids is 1. The van der Waals surface area contributed by atoms with E-state index in [4.69, 9.17) is 0 Å². The van der Waals surface area contributed by atoms with Crippen LogP contribution in [0, 0.1) is 0 Å². The van der Waals surface area contributed by atoms with Crippen LogP contribution in [0.25, 0.3) is 0 Å². The zero-order valence-corrected chi connectivity index (χ0v) is 11.9. The minimum Gasteiger partial charge on any atom is -0.337 e. The molecule has 1 fully saturated rings. The van der Waals surface area contributed by atoms with Gasteiger partial charge in [0.2, 0.25) is 5.91 Å². The molecule has 1 atom stereocenters. The van der Waals surface area contributed by atoms with Crippen LogP contribution in [0.3, 0.4) is 0 Å². The molecule has 1 amide bonds. The van der Waals surface area contributed by atoms with Crippen LogP contribution in [-0.2, 0) is 11.3 Å². The predicted octanol–water partition coefficient (Wildman–Crippen LogP) is 3.31. The van der Waals surface area contributed by atoms with Gasteiger partial charge in [-0.25, -0.2) is 0 Å². The average Bonchev–Trinajstić information content (AvgIpc) is 2.58. The fourth-order valence-electron chi connectivity index (χ4n) is 2.11. The maximum absolute atomic E-state index is 11.7. The lowest BCUT2D eigenvalue weighted by Crippen LogP contribution is -2.24. The standard InChI is InChI=1S/C14H18BrNO/c1-10(2)12-5-3-11(4-6-12)8-16-9-13(15)7-14(16)17/h3-6,10,13H,7-9H2,1-2H3. The number of nitrogens with zero attached hydrogens (tertiary/aromatic N) is 1. The Kier molecular flexibility index (Phi) is 3.87. The Morgan fingerprint density at radius 2 is 2.00 bits per heavy atom. The molecule has 2 nitrogen and oxygen atoms in total. The summed E-state index contributed by atoms with van der Waals surface area (Å²) in [5, 5.41) is 0. The molecule has 3 heteroatoms. The highest BCUT2D eigenvalue weighted by molar-refractivity contribution is 9.09. The highest BCUT2D eigenvalue weighted by Crippen LogP contribution is 2.21. The number of benzene rings is 1. The zero-order chi connectivity index (χ0) is 12.4. The van der Waals surface area contributed by atoms with E-state index in [0.717, 1.165) is 13.1 Å². The van der Waals surface area contributed by atoms with E-state index in [-0.39, 0.29) is 5.91 Å². The number of rotatable bonds is 3. The third kappa shape index (κ3) is 3.09. The number of amides is 1.